The maximum atomic E-state index is 11.6. The van der Waals surface area contributed by atoms with Crippen LogP contribution in [0.25, 0.3) is 11.2 Å². The molecule has 2 aromatic heterocycles. The molecule has 0 radical (unpaired) electrons. The molecule has 196 valence electrons. The monoisotopic (exact) mass is 522 g/mol. The summed E-state index contributed by atoms with van der Waals surface area (Å²) in [5.41, 5.74) is 2.99. The van der Waals surface area contributed by atoms with Crippen LogP contribution in [0.15, 0.2) is 6.33 Å². The number of aromatic nitrogens is 4. The zero-order valence-corrected chi connectivity index (χ0v) is 24.8. The van der Waals surface area contributed by atoms with E-state index in [0.29, 0.717) is 23.6 Å². The number of hydrogen-bond acceptors (Lipinski definition) is 8. The molecule has 35 heavy (non-hydrogen) atoms. The molecule has 4 heterocycles. The van der Waals surface area contributed by atoms with Crippen molar-refractivity contribution < 1.29 is 22.8 Å². The average Bonchev–Trinajstić information content (AvgIpc) is 3.28. The number of rotatable bonds is 5. The highest BCUT2D eigenvalue weighted by atomic mass is 28.5. The van der Waals surface area contributed by atoms with Crippen LogP contribution in [0.5, 0.6) is 0 Å². The van der Waals surface area contributed by atoms with Crippen LogP contribution in [0.1, 0.15) is 73.1 Å². The molecular weight excluding hydrogens is 480 g/mol. The summed E-state index contributed by atoms with van der Waals surface area (Å²) in [7, 11) is -5.52. The van der Waals surface area contributed by atoms with Gasteiger partial charge in [0.2, 0.25) is 0 Å². The van der Waals surface area contributed by atoms with Gasteiger partial charge >= 0.3 is 17.1 Å². The van der Waals surface area contributed by atoms with Gasteiger partial charge in [-0.25, -0.2) is 15.0 Å². The number of aryl methyl sites for hydroxylation is 2. The standard InChI is InChI=1S/C24H42N4O5Si2/c1-13(2)34(14(3)4)30-11-19-22(32-35(33-34,15(5)6)16(7)8)21(29)24(31-19)28-12-25-20-17(9)26-18(10)27-23(20)28/h12-16,19,21-22,24,29H,11H2,1-10H3/t19-,21-,22?,24-/m1/s1. The molecule has 2 fully saturated rings. The maximum Gasteiger partial charge on any atom is 0.335 e. The minimum atomic E-state index is -2.85. The zero-order chi connectivity index (χ0) is 25.9. The Bertz CT molecular complexity index is 1040. The van der Waals surface area contributed by atoms with E-state index in [-0.39, 0.29) is 22.2 Å². The first kappa shape index (κ1) is 26.8. The minimum Gasteiger partial charge on any atom is -0.414 e. The van der Waals surface area contributed by atoms with E-state index in [1.807, 2.05) is 13.8 Å². The molecule has 1 N–H and O–H groups in total. The highest BCUT2D eigenvalue weighted by molar-refractivity contribution is 6.83. The SMILES string of the molecule is Cc1nc(C)c2ncn([C@@H]3O[C@@H]4CO[Si](C(C)C)(C(C)C)O[Si](C(C)C)(C(C)C)OC4[C@H]3O)c2n1. The zero-order valence-electron chi connectivity index (χ0n) is 22.8. The van der Waals surface area contributed by atoms with Gasteiger partial charge in [0.25, 0.3) is 0 Å². The predicted molar refractivity (Wildman–Crippen MR) is 139 cm³/mol. The van der Waals surface area contributed by atoms with Crippen LogP contribution in [0.2, 0.25) is 22.2 Å². The van der Waals surface area contributed by atoms with Crippen LogP contribution in [0.4, 0.5) is 0 Å². The van der Waals surface area contributed by atoms with Crippen molar-refractivity contribution in [2.24, 2.45) is 0 Å². The van der Waals surface area contributed by atoms with Gasteiger partial charge in [-0.3, -0.25) is 4.57 Å². The summed E-state index contributed by atoms with van der Waals surface area (Å²) in [4.78, 5) is 13.5. The van der Waals surface area contributed by atoms with E-state index in [1.54, 1.807) is 10.9 Å². The Morgan fingerprint density at radius 1 is 0.943 bits per heavy atom. The van der Waals surface area contributed by atoms with E-state index < -0.39 is 41.7 Å². The molecule has 4 rings (SSSR count). The van der Waals surface area contributed by atoms with Gasteiger partial charge < -0.3 is 22.8 Å². The molecule has 0 aromatic carbocycles. The average molecular weight is 523 g/mol. The van der Waals surface area contributed by atoms with Crippen LogP contribution in [-0.4, -0.2) is 66.7 Å². The van der Waals surface area contributed by atoms with Gasteiger partial charge in [0.1, 0.15) is 29.7 Å². The van der Waals surface area contributed by atoms with Crippen LogP contribution >= 0.6 is 0 Å². The quantitative estimate of drug-likeness (QED) is 0.566. The van der Waals surface area contributed by atoms with Crippen LogP contribution in [-0.2, 0) is 17.7 Å². The fraction of sp³-hybridized carbons (Fsp3) is 0.792. The number of ether oxygens (including phenoxy) is 1. The van der Waals surface area contributed by atoms with Crippen molar-refractivity contribution in [1.82, 2.24) is 19.5 Å². The molecular formula is C24H42N4O5Si2. The molecule has 0 bridgehead atoms. The summed E-state index contributed by atoms with van der Waals surface area (Å²) in [5, 5.41) is 11.6. The first-order valence-electron chi connectivity index (χ1n) is 12.9. The van der Waals surface area contributed by atoms with Gasteiger partial charge in [0.15, 0.2) is 11.9 Å². The van der Waals surface area contributed by atoms with Crippen molar-refractivity contribution in [3.63, 3.8) is 0 Å². The summed E-state index contributed by atoms with van der Waals surface area (Å²) in [6, 6.07) is 0. The number of aliphatic hydroxyl groups excluding tert-OH is 1. The van der Waals surface area contributed by atoms with Gasteiger partial charge in [-0.15, -0.1) is 0 Å². The normalized spacial score (nSPS) is 28.8. The van der Waals surface area contributed by atoms with E-state index >= 15 is 0 Å². The van der Waals surface area contributed by atoms with E-state index in [1.165, 1.54) is 0 Å². The first-order chi connectivity index (χ1) is 16.3. The van der Waals surface area contributed by atoms with E-state index in [2.05, 4.69) is 70.3 Å². The number of hydrogen-bond donors (Lipinski definition) is 1. The third-order valence-electron chi connectivity index (χ3n) is 7.62. The van der Waals surface area contributed by atoms with Crippen LogP contribution in [0, 0.1) is 13.8 Å². The van der Waals surface area contributed by atoms with Gasteiger partial charge in [-0.1, -0.05) is 55.4 Å². The molecule has 2 aliphatic heterocycles. The maximum absolute atomic E-state index is 11.6. The lowest BCUT2D eigenvalue weighted by molar-refractivity contribution is -0.0570. The topological polar surface area (TPSA) is 101 Å². The van der Waals surface area contributed by atoms with E-state index in [4.69, 9.17) is 17.7 Å². The van der Waals surface area contributed by atoms with Crippen molar-refractivity contribution in [3.05, 3.63) is 17.8 Å². The second-order valence-electron chi connectivity index (χ2n) is 11.3. The van der Waals surface area contributed by atoms with E-state index in [9.17, 15) is 5.11 Å². The molecule has 4 atom stereocenters. The predicted octanol–water partition coefficient (Wildman–Crippen LogP) is 4.66. The lowest BCUT2D eigenvalue weighted by Gasteiger charge is -2.51. The van der Waals surface area contributed by atoms with Crippen molar-refractivity contribution in [1.29, 1.82) is 0 Å². The van der Waals surface area contributed by atoms with Gasteiger partial charge in [0, 0.05) is 0 Å². The minimum absolute atomic E-state index is 0.174. The number of fused-ring (bicyclic) bond motifs is 2. The van der Waals surface area contributed by atoms with Gasteiger partial charge in [-0.2, -0.15) is 0 Å². The van der Waals surface area contributed by atoms with Crippen LogP contribution in [0.3, 0.4) is 0 Å². The molecule has 11 heteroatoms. The van der Waals surface area contributed by atoms with E-state index in [0.717, 1.165) is 5.69 Å². The Kier molecular flexibility index (Phi) is 7.35. The Hall–Kier alpha value is -1.22. The van der Waals surface area contributed by atoms with Crippen molar-refractivity contribution >= 4 is 28.3 Å². The molecule has 0 amide bonds. The Morgan fingerprint density at radius 3 is 2.11 bits per heavy atom. The van der Waals surface area contributed by atoms with Crippen LogP contribution < -0.4 is 0 Å². The van der Waals surface area contributed by atoms with Gasteiger partial charge in [-0.05, 0) is 36.0 Å². The summed E-state index contributed by atoms with van der Waals surface area (Å²) in [6.07, 6.45) is -0.923. The lowest BCUT2D eigenvalue weighted by Crippen LogP contribution is -2.65. The summed E-state index contributed by atoms with van der Waals surface area (Å²) < 4.78 is 29.3. The fourth-order valence-electron chi connectivity index (χ4n) is 5.75. The van der Waals surface area contributed by atoms with Gasteiger partial charge in [0.05, 0.1) is 18.6 Å². The van der Waals surface area contributed by atoms with Crippen molar-refractivity contribution in [2.45, 2.75) is 116 Å². The van der Waals surface area contributed by atoms with Crippen molar-refractivity contribution in [2.75, 3.05) is 6.61 Å². The molecule has 9 nitrogen and oxygen atoms in total. The third kappa shape index (κ3) is 4.32. The molecule has 0 spiro atoms. The Labute approximate surface area is 211 Å². The van der Waals surface area contributed by atoms with Crippen molar-refractivity contribution in [3.8, 4) is 0 Å². The molecule has 2 aromatic rings. The number of imidazole rings is 1. The second-order valence-corrected chi connectivity index (χ2v) is 20.1. The molecule has 2 saturated heterocycles. The molecule has 2 aliphatic rings. The summed E-state index contributed by atoms with van der Waals surface area (Å²) in [6.45, 7) is 21.6. The Morgan fingerprint density at radius 2 is 1.54 bits per heavy atom. The smallest absolute Gasteiger partial charge is 0.335 e. The summed E-state index contributed by atoms with van der Waals surface area (Å²) >= 11 is 0. The Balaban J connectivity index is 1.78. The second kappa shape index (κ2) is 9.58. The molecule has 0 saturated carbocycles. The third-order valence-corrected chi connectivity index (χ3v) is 17.9. The number of aliphatic hydroxyl groups is 1. The molecule has 1 unspecified atom stereocenters. The first-order valence-corrected chi connectivity index (χ1v) is 16.8. The number of nitrogens with zero attached hydrogens (tertiary/aromatic N) is 4. The summed E-state index contributed by atoms with van der Waals surface area (Å²) in [5.74, 6) is 0.652. The largest absolute Gasteiger partial charge is 0.414 e. The highest BCUT2D eigenvalue weighted by Gasteiger charge is 2.61. The lowest BCUT2D eigenvalue weighted by atomic mass is 10.1. The molecule has 0 aliphatic carbocycles. The highest BCUT2D eigenvalue weighted by Crippen LogP contribution is 2.48. The fourth-order valence-corrected chi connectivity index (χ4v) is 17.0.